The minimum absolute atomic E-state index is 0.0276. The molecule has 0 aliphatic carbocycles. The van der Waals surface area contributed by atoms with E-state index in [9.17, 15) is 8.42 Å². The summed E-state index contributed by atoms with van der Waals surface area (Å²) in [6.45, 7) is 1.41. The molecule has 2 aliphatic heterocycles. The molecule has 29 heavy (non-hydrogen) atoms. The summed E-state index contributed by atoms with van der Waals surface area (Å²) in [6.07, 6.45) is 2.74. The highest BCUT2D eigenvalue weighted by atomic mass is 35.5. The van der Waals surface area contributed by atoms with Crippen molar-refractivity contribution in [3.63, 3.8) is 0 Å². The normalized spacial score (nSPS) is 21.3. The third-order valence-corrected chi connectivity index (χ3v) is 7.03. The number of benzene rings is 2. The van der Waals surface area contributed by atoms with Crippen molar-refractivity contribution < 1.29 is 8.42 Å². The van der Waals surface area contributed by atoms with Crippen LogP contribution in [-0.2, 0) is 10.2 Å². The van der Waals surface area contributed by atoms with Gasteiger partial charge in [0.25, 0.3) is 0 Å². The van der Waals surface area contributed by atoms with E-state index in [0.29, 0.717) is 19.6 Å². The number of amidine groups is 1. The molecule has 0 radical (unpaired) electrons. The van der Waals surface area contributed by atoms with Gasteiger partial charge in [-0.15, -0.1) is 4.40 Å². The molecule has 1 atom stereocenters. The van der Waals surface area contributed by atoms with Gasteiger partial charge in [-0.3, -0.25) is 0 Å². The molecule has 1 saturated heterocycles. The van der Waals surface area contributed by atoms with Crippen molar-refractivity contribution in [3.05, 3.63) is 71.8 Å². The van der Waals surface area contributed by atoms with E-state index in [1.807, 2.05) is 60.7 Å². The number of nitrogens with zero attached hydrogens (tertiary/aromatic N) is 4. The van der Waals surface area contributed by atoms with Gasteiger partial charge in [-0.05, 0) is 35.6 Å². The van der Waals surface area contributed by atoms with E-state index in [1.54, 1.807) is 0 Å². The zero-order chi connectivity index (χ0) is 20.3. The fourth-order valence-electron chi connectivity index (χ4n) is 3.73. The summed E-state index contributed by atoms with van der Waals surface area (Å²) in [5.74, 6) is -0.0276. The average molecular weight is 431 g/mol. The van der Waals surface area contributed by atoms with E-state index in [0.717, 1.165) is 36.1 Å². The molecule has 0 N–H and O–H groups in total. The molecular weight excluding hydrogens is 408 g/mol. The number of rotatable bonds is 4. The van der Waals surface area contributed by atoms with Crippen LogP contribution in [0.2, 0.25) is 0 Å². The monoisotopic (exact) mass is 430 g/mol. The van der Waals surface area contributed by atoms with Crippen LogP contribution in [0.4, 0.5) is 0 Å². The summed E-state index contributed by atoms with van der Waals surface area (Å²) in [4.78, 5) is 0. The van der Waals surface area contributed by atoms with Crippen molar-refractivity contribution in [1.82, 2.24) is 9.31 Å². The predicted molar refractivity (Wildman–Crippen MR) is 116 cm³/mol. The smallest absolute Gasteiger partial charge is 0.236 e. The average Bonchev–Trinajstić information content (AvgIpc) is 3.21. The van der Waals surface area contributed by atoms with Crippen LogP contribution < -0.4 is 0 Å². The summed E-state index contributed by atoms with van der Waals surface area (Å²) in [6, 6.07) is 19.9. The van der Waals surface area contributed by atoms with E-state index in [2.05, 4.69) is 9.50 Å². The number of hydrazone groups is 1. The van der Waals surface area contributed by atoms with Gasteiger partial charge in [-0.1, -0.05) is 67.1 Å². The number of piperidine rings is 1. The molecule has 2 aliphatic rings. The zero-order valence-corrected chi connectivity index (χ0v) is 17.6. The Bertz CT molecular complexity index is 1000. The Hall–Kier alpha value is -2.22. The topological polar surface area (TPSA) is 65.3 Å². The van der Waals surface area contributed by atoms with Gasteiger partial charge >= 0.3 is 10.2 Å². The fourth-order valence-corrected chi connectivity index (χ4v) is 5.22. The Morgan fingerprint density at radius 1 is 0.966 bits per heavy atom. The maximum absolute atomic E-state index is 12.6. The van der Waals surface area contributed by atoms with Crippen LogP contribution in [0.15, 0.2) is 70.2 Å². The summed E-state index contributed by atoms with van der Waals surface area (Å²) in [5.41, 5.74) is 2.92. The Labute approximate surface area is 176 Å². The van der Waals surface area contributed by atoms with Crippen molar-refractivity contribution in [1.29, 1.82) is 0 Å². The second-order valence-electron chi connectivity index (χ2n) is 7.19. The lowest BCUT2D eigenvalue weighted by Gasteiger charge is -2.24. The Morgan fingerprint density at radius 3 is 2.24 bits per heavy atom. The second kappa shape index (κ2) is 8.65. The summed E-state index contributed by atoms with van der Waals surface area (Å²) in [5, 5.41) is 6.02. The molecule has 4 rings (SSSR count). The first-order chi connectivity index (χ1) is 14.0. The van der Waals surface area contributed by atoms with Crippen LogP contribution in [-0.4, -0.2) is 48.4 Å². The quantitative estimate of drug-likeness (QED) is 0.420. The Balaban J connectivity index is 1.64. The molecular formula is C21H23ClN4O2S. The highest BCUT2D eigenvalue weighted by molar-refractivity contribution is 7.88. The number of hydrogen-bond donors (Lipinski definition) is 0. The Kier molecular flexibility index (Phi) is 5.99. The maximum atomic E-state index is 12.6. The molecule has 2 aromatic rings. The van der Waals surface area contributed by atoms with Gasteiger partial charge in [0.1, 0.15) is 0 Å². The van der Waals surface area contributed by atoms with E-state index < -0.39 is 10.2 Å². The van der Waals surface area contributed by atoms with Crippen molar-refractivity contribution in [2.45, 2.75) is 25.2 Å². The lowest BCUT2D eigenvalue weighted by molar-refractivity contribution is 0.347. The van der Waals surface area contributed by atoms with Gasteiger partial charge in [-0.25, -0.2) is 5.01 Å². The van der Waals surface area contributed by atoms with Gasteiger partial charge in [-0.2, -0.15) is 17.8 Å². The molecule has 1 fully saturated rings. The molecule has 1 unspecified atom stereocenters. The van der Waals surface area contributed by atoms with Crippen LogP contribution in [0.1, 0.15) is 36.3 Å². The van der Waals surface area contributed by atoms with Crippen LogP contribution in [0, 0.1) is 0 Å². The van der Waals surface area contributed by atoms with Crippen molar-refractivity contribution >= 4 is 32.8 Å². The second-order valence-corrected chi connectivity index (χ2v) is 9.13. The molecule has 0 aromatic heterocycles. The van der Waals surface area contributed by atoms with Crippen LogP contribution in [0.5, 0.6) is 0 Å². The third kappa shape index (κ3) is 4.52. The number of halogens is 1. The minimum atomic E-state index is -3.81. The van der Waals surface area contributed by atoms with Crippen LogP contribution >= 0.6 is 11.6 Å². The summed E-state index contributed by atoms with van der Waals surface area (Å²) in [7, 11) is -3.81. The van der Waals surface area contributed by atoms with E-state index in [1.165, 1.54) is 9.31 Å². The molecule has 0 amide bonds. The standard InChI is InChI=1S/C21H23ClN4O2S/c22-21(24-29(27,28)25-14-8-3-9-15-25)26-16-19(17-10-4-1-5-11-17)20(23-26)18-12-6-2-7-13-18/h1-2,4-7,10-13,19H,3,8-9,14-16H2. The summed E-state index contributed by atoms with van der Waals surface area (Å²) >= 11 is 6.36. The van der Waals surface area contributed by atoms with E-state index >= 15 is 0 Å². The van der Waals surface area contributed by atoms with Crippen LogP contribution in [0.3, 0.4) is 0 Å². The van der Waals surface area contributed by atoms with Crippen molar-refractivity contribution in [2.24, 2.45) is 9.50 Å². The lowest BCUT2D eigenvalue weighted by atomic mass is 9.91. The van der Waals surface area contributed by atoms with Gasteiger partial charge in [0.2, 0.25) is 5.29 Å². The first-order valence-corrected chi connectivity index (χ1v) is 11.5. The maximum Gasteiger partial charge on any atom is 0.325 e. The highest BCUT2D eigenvalue weighted by Crippen LogP contribution is 2.29. The van der Waals surface area contributed by atoms with Crippen molar-refractivity contribution in [2.75, 3.05) is 19.6 Å². The van der Waals surface area contributed by atoms with Gasteiger partial charge < -0.3 is 0 Å². The molecule has 0 spiro atoms. The van der Waals surface area contributed by atoms with E-state index in [-0.39, 0.29) is 11.2 Å². The highest BCUT2D eigenvalue weighted by Gasteiger charge is 2.32. The third-order valence-electron chi connectivity index (χ3n) is 5.23. The van der Waals surface area contributed by atoms with Crippen molar-refractivity contribution in [3.8, 4) is 0 Å². The molecule has 2 heterocycles. The molecule has 0 saturated carbocycles. The lowest BCUT2D eigenvalue weighted by Crippen LogP contribution is -2.35. The largest absolute Gasteiger partial charge is 0.325 e. The SMILES string of the molecule is O=S(=O)(N=C(Cl)N1CC(c2ccccc2)C(c2ccccc2)=N1)N1CCCCC1. The molecule has 152 valence electrons. The first-order valence-electron chi connectivity index (χ1n) is 9.76. The van der Waals surface area contributed by atoms with Crippen LogP contribution in [0.25, 0.3) is 0 Å². The molecule has 8 heteroatoms. The zero-order valence-electron chi connectivity index (χ0n) is 16.0. The van der Waals surface area contributed by atoms with Gasteiger partial charge in [0.15, 0.2) is 0 Å². The van der Waals surface area contributed by atoms with Gasteiger partial charge in [0, 0.05) is 19.0 Å². The number of hydrogen-bond acceptors (Lipinski definition) is 3. The molecule has 0 bridgehead atoms. The van der Waals surface area contributed by atoms with Gasteiger partial charge in [0.05, 0.1) is 12.3 Å². The Morgan fingerprint density at radius 2 is 1.59 bits per heavy atom. The minimum Gasteiger partial charge on any atom is -0.236 e. The fraction of sp³-hybridized carbons (Fsp3) is 0.333. The summed E-state index contributed by atoms with van der Waals surface area (Å²) < 4.78 is 30.5. The molecule has 6 nitrogen and oxygen atoms in total. The first kappa shape index (κ1) is 20.1. The predicted octanol–water partition coefficient (Wildman–Crippen LogP) is 3.82. The molecule has 2 aromatic carbocycles. The van der Waals surface area contributed by atoms with E-state index in [4.69, 9.17) is 11.6 Å².